The molecule has 7 rings (SSSR count). The average molecular weight is 581 g/mol. The van der Waals surface area contributed by atoms with Crippen LogP contribution < -0.4 is 14.4 Å². The molecular formula is C32H37ClN2O4S. The highest BCUT2D eigenvalue weighted by molar-refractivity contribution is 7.99. The summed E-state index contributed by atoms with van der Waals surface area (Å²) in [6.45, 7) is 2.08. The number of ether oxygens (including phenoxy) is 1. The predicted molar refractivity (Wildman–Crippen MR) is 161 cm³/mol. The van der Waals surface area contributed by atoms with Crippen molar-refractivity contribution < 1.29 is 18.8 Å². The van der Waals surface area contributed by atoms with Gasteiger partial charge in [0, 0.05) is 44.6 Å². The van der Waals surface area contributed by atoms with Gasteiger partial charge in [-0.05, 0) is 110 Å². The smallest absolute Gasteiger partial charge is 0.262 e. The number of benzene rings is 2. The number of carbonyl (C=O) groups excluding carboxylic acids is 1. The number of allylic oxidation sites excluding steroid dienone is 1. The fraction of sp³-hybridized carbons (Fsp3) is 0.500. The summed E-state index contributed by atoms with van der Waals surface area (Å²) < 4.78 is 22.6. The molecule has 2 saturated carbocycles. The van der Waals surface area contributed by atoms with Gasteiger partial charge in [-0.15, -0.1) is 0 Å². The highest BCUT2D eigenvalue weighted by Gasteiger charge is 2.44. The van der Waals surface area contributed by atoms with Gasteiger partial charge in [-0.1, -0.05) is 29.8 Å². The number of aliphatic hydroxyl groups is 1. The van der Waals surface area contributed by atoms with Crippen molar-refractivity contribution in [3.63, 3.8) is 0 Å². The Morgan fingerprint density at radius 3 is 2.85 bits per heavy atom. The molecule has 40 heavy (non-hydrogen) atoms. The molecule has 2 aromatic rings. The van der Waals surface area contributed by atoms with Crippen LogP contribution in [0.1, 0.15) is 53.6 Å². The van der Waals surface area contributed by atoms with Crippen molar-refractivity contribution in [1.29, 1.82) is 0 Å². The van der Waals surface area contributed by atoms with E-state index in [-0.39, 0.29) is 29.1 Å². The van der Waals surface area contributed by atoms with Crippen molar-refractivity contribution in [2.24, 2.45) is 23.7 Å². The number of rotatable bonds is 0. The molecule has 2 aliphatic heterocycles. The molecule has 6 nitrogen and oxygen atoms in total. The zero-order valence-electron chi connectivity index (χ0n) is 22.7. The molecule has 7 atom stereocenters. The van der Waals surface area contributed by atoms with E-state index < -0.39 is 15.8 Å². The highest BCUT2D eigenvalue weighted by atomic mass is 35.5. The first-order valence-electron chi connectivity index (χ1n) is 14.5. The summed E-state index contributed by atoms with van der Waals surface area (Å²) in [5.41, 5.74) is 3.71. The number of nitrogens with one attached hydrogen (secondary N) is 1. The summed E-state index contributed by atoms with van der Waals surface area (Å²) in [5.74, 6) is 5.67. The summed E-state index contributed by atoms with van der Waals surface area (Å²) in [6.07, 6.45) is 9.61. The number of aryl methyl sites for hydroxylation is 1. The Kier molecular flexibility index (Phi) is 6.48. The Morgan fingerprint density at radius 1 is 1.15 bits per heavy atom. The summed E-state index contributed by atoms with van der Waals surface area (Å²) in [4.78, 5) is 15.7. The van der Waals surface area contributed by atoms with E-state index in [4.69, 9.17) is 16.3 Å². The Hall–Kier alpha value is -2.48. The molecular weight excluding hydrogens is 544 g/mol. The van der Waals surface area contributed by atoms with Crippen molar-refractivity contribution in [1.82, 2.24) is 4.72 Å². The van der Waals surface area contributed by atoms with Gasteiger partial charge in [-0.25, -0.2) is 4.21 Å². The molecule has 0 aromatic heterocycles. The minimum Gasteiger partial charge on any atom is -0.490 e. The second-order valence-electron chi connectivity index (χ2n) is 12.7. The van der Waals surface area contributed by atoms with E-state index in [1.54, 1.807) is 6.07 Å². The fourth-order valence-corrected chi connectivity index (χ4v) is 9.33. The number of nitrogens with zero attached hydrogens (tertiary/aromatic N) is 1. The first-order chi connectivity index (χ1) is 19.2. The highest BCUT2D eigenvalue weighted by Crippen LogP contribution is 2.47. The number of hydrogen-bond donors (Lipinski definition) is 2. The van der Waals surface area contributed by atoms with Crippen LogP contribution in [0.25, 0.3) is 0 Å². The van der Waals surface area contributed by atoms with Crippen LogP contribution in [0.2, 0.25) is 5.02 Å². The molecule has 2 aromatic carbocycles. The Balaban J connectivity index is 1.29. The van der Waals surface area contributed by atoms with Crippen molar-refractivity contribution in [2.45, 2.75) is 50.0 Å². The SMILES string of the molecule is C=S1(=O)C[C@H]2C[C@H]2/C=C/[C@H](O)[C@@H]2CC[C@H]2CN2C[C@@]3(CCCc4cc(Cl)ccc43)COc3ccc(cc32)C(=O)N1. The van der Waals surface area contributed by atoms with Crippen molar-refractivity contribution >= 4 is 38.8 Å². The molecule has 2 heterocycles. The zero-order chi connectivity index (χ0) is 27.6. The summed E-state index contributed by atoms with van der Waals surface area (Å²) in [6, 6.07) is 11.8. The minimum absolute atomic E-state index is 0.200. The number of carbonyl (C=O) groups is 1. The number of aliphatic hydroxyl groups excluding tert-OH is 1. The third-order valence-electron chi connectivity index (χ3n) is 9.96. The number of anilines is 1. The van der Waals surface area contributed by atoms with Gasteiger partial charge < -0.3 is 14.7 Å². The average Bonchev–Trinajstić information content (AvgIpc) is 3.65. The van der Waals surface area contributed by atoms with Gasteiger partial charge in [0.1, 0.15) is 5.75 Å². The second kappa shape index (κ2) is 9.81. The third-order valence-corrected chi connectivity index (χ3v) is 11.7. The largest absolute Gasteiger partial charge is 0.490 e. The number of fused-ring (bicyclic) bond motifs is 5. The monoisotopic (exact) mass is 580 g/mol. The van der Waals surface area contributed by atoms with E-state index >= 15 is 0 Å². The summed E-state index contributed by atoms with van der Waals surface area (Å²) >= 11 is 6.39. The second-order valence-corrected chi connectivity index (χ2v) is 15.3. The molecule has 8 heteroatoms. The van der Waals surface area contributed by atoms with Crippen LogP contribution in [0, 0.1) is 23.7 Å². The predicted octanol–water partition coefficient (Wildman–Crippen LogP) is 4.77. The van der Waals surface area contributed by atoms with Crippen molar-refractivity contribution in [3.05, 3.63) is 70.3 Å². The van der Waals surface area contributed by atoms with Crippen LogP contribution in [0.5, 0.6) is 5.75 Å². The van der Waals surface area contributed by atoms with Gasteiger partial charge >= 0.3 is 0 Å². The van der Waals surface area contributed by atoms with Gasteiger partial charge in [0.2, 0.25) is 0 Å². The van der Waals surface area contributed by atoms with Crippen LogP contribution in [-0.4, -0.2) is 52.6 Å². The molecule has 1 spiro atoms. The van der Waals surface area contributed by atoms with Crippen molar-refractivity contribution in [2.75, 3.05) is 30.3 Å². The van der Waals surface area contributed by atoms with Gasteiger partial charge in [0.05, 0.1) is 18.4 Å². The number of amides is 1. The van der Waals surface area contributed by atoms with E-state index in [9.17, 15) is 14.1 Å². The Morgan fingerprint density at radius 2 is 2.02 bits per heavy atom. The van der Waals surface area contributed by atoms with Crippen LogP contribution in [-0.2, 0) is 21.5 Å². The minimum atomic E-state index is -2.79. The molecule has 212 valence electrons. The normalized spacial score (nSPS) is 37.5. The van der Waals surface area contributed by atoms with Gasteiger partial charge in [-0.2, -0.15) is 0 Å². The lowest BCUT2D eigenvalue weighted by Gasteiger charge is -2.45. The van der Waals surface area contributed by atoms with Crippen LogP contribution in [0.4, 0.5) is 5.69 Å². The van der Waals surface area contributed by atoms with E-state index in [1.807, 2.05) is 24.3 Å². The molecule has 1 amide bonds. The summed E-state index contributed by atoms with van der Waals surface area (Å²) in [7, 11) is -2.79. The molecule has 2 N–H and O–H groups in total. The summed E-state index contributed by atoms with van der Waals surface area (Å²) in [5, 5.41) is 11.9. The van der Waals surface area contributed by atoms with Gasteiger partial charge in [-0.3, -0.25) is 9.52 Å². The van der Waals surface area contributed by atoms with Crippen LogP contribution >= 0.6 is 11.6 Å². The van der Waals surface area contributed by atoms with Crippen LogP contribution in [0.3, 0.4) is 0 Å². The molecule has 0 saturated heterocycles. The molecule has 2 fully saturated rings. The number of hydrogen-bond acceptors (Lipinski definition) is 5. The molecule has 3 aliphatic carbocycles. The molecule has 0 radical (unpaired) electrons. The quantitative estimate of drug-likeness (QED) is 0.347. The maximum absolute atomic E-state index is 13.3. The first kappa shape index (κ1) is 26.4. The van der Waals surface area contributed by atoms with Gasteiger partial charge in [0.15, 0.2) is 0 Å². The lowest BCUT2D eigenvalue weighted by atomic mass is 9.68. The molecule has 1 unspecified atom stereocenters. The Bertz CT molecular complexity index is 1490. The van der Waals surface area contributed by atoms with Gasteiger partial charge in [0.25, 0.3) is 5.91 Å². The number of halogens is 1. The molecule has 5 aliphatic rings. The van der Waals surface area contributed by atoms with E-state index in [1.165, 1.54) is 11.1 Å². The Labute approximate surface area is 241 Å². The molecule has 2 bridgehead atoms. The standard InChI is InChI=1S/C32H37ClN2O4S/c1-40(38)17-24-13-20(24)5-10-29(36)26-8-4-23(26)16-35-18-32(12-2-3-21-14-25(33)7-9-27(21)32)19-39-30-11-6-22(15-28(30)35)31(37)34-40/h5-7,9-11,14-15,20,23-24,26,29,36H,1-4,8,12-13,16-19H2,(H,34,37,38)/b10-5+/t20-,23+,24-,26-,29+,32+,40?/m1/s1. The third kappa shape index (κ3) is 4.84. The maximum Gasteiger partial charge on any atom is 0.262 e. The zero-order valence-corrected chi connectivity index (χ0v) is 24.3. The lowest BCUT2D eigenvalue weighted by molar-refractivity contribution is 0.0455. The van der Waals surface area contributed by atoms with E-state index in [0.29, 0.717) is 23.8 Å². The van der Waals surface area contributed by atoms with E-state index in [0.717, 1.165) is 68.1 Å². The van der Waals surface area contributed by atoms with Crippen LogP contribution in [0.15, 0.2) is 48.6 Å². The first-order valence-corrected chi connectivity index (χ1v) is 16.8. The van der Waals surface area contributed by atoms with Crippen molar-refractivity contribution in [3.8, 4) is 5.75 Å². The maximum atomic E-state index is 13.3. The fourth-order valence-electron chi connectivity index (χ4n) is 7.52. The van der Waals surface area contributed by atoms with E-state index in [2.05, 4.69) is 33.7 Å². The lowest BCUT2D eigenvalue weighted by Crippen LogP contribution is -2.49. The topological polar surface area (TPSA) is 78.9 Å².